The van der Waals surface area contributed by atoms with E-state index in [4.69, 9.17) is 4.74 Å². The van der Waals surface area contributed by atoms with Crippen molar-refractivity contribution in [1.29, 1.82) is 0 Å². The number of fused-ring (bicyclic) bond motifs is 1. The monoisotopic (exact) mass is 392 g/mol. The highest BCUT2D eigenvalue weighted by Crippen LogP contribution is 2.30. The van der Waals surface area contributed by atoms with Gasteiger partial charge in [0.05, 0.1) is 18.3 Å². The summed E-state index contributed by atoms with van der Waals surface area (Å²) in [5, 5.41) is 12.9. The van der Waals surface area contributed by atoms with Crippen molar-refractivity contribution in [2.75, 3.05) is 6.61 Å². The van der Waals surface area contributed by atoms with Gasteiger partial charge in [-0.25, -0.2) is 4.98 Å². The zero-order valence-electron chi connectivity index (χ0n) is 15.4. The molecule has 142 valence electrons. The number of ether oxygens (including phenoxy) is 1. The van der Waals surface area contributed by atoms with Crippen LogP contribution < -0.4 is 10.3 Å². The van der Waals surface area contributed by atoms with E-state index in [9.17, 15) is 9.90 Å². The van der Waals surface area contributed by atoms with Crippen molar-refractivity contribution in [2.24, 2.45) is 0 Å². The molecule has 0 radical (unpaired) electrons. The zero-order valence-corrected chi connectivity index (χ0v) is 16.2. The van der Waals surface area contributed by atoms with Crippen LogP contribution in [-0.2, 0) is 6.54 Å². The predicted molar refractivity (Wildman–Crippen MR) is 112 cm³/mol. The van der Waals surface area contributed by atoms with Crippen LogP contribution in [0.1, 0.15) is 5.56 Å². The molecule has 1 N–H and O–H groups in total. The van der Waals surface area contributed by atoms with Crippen LogP contribution in [-0.4, -0.2) is 27.4 Å². The van der Waals surface area contributed by atoms with Crippen LogP contribution in [0.4, 0.5) is 0 Å². The second-order valence-corrected chi connectivity index (χ2v) is 7.54. The van der Waals surface area contributed by atoms with E-state index in [2.05, 4.69) is 4.98 Å². The minimum Gasteiger partial charge on any atom is -0.491 e. The van der Waals surface area contributed by atoms with Crippen LogP contribution in [0.2, 0.25) is 0 Å². The molecule has 1 atom stereocenters. The Bertz CT molecular complexity index is 1150. The van der Waals surface area contributed by atoms with Gasteiger partial charge in [-0.1, -0.05) is 42.5 Å². The fourth-order valence-corrected chi connectivity index (χ4v) is 4.01. The van der Waals surface area contributed by atoms with E-state index >= 15 is 0 Å². The van der Waals surface area contributed by atoms with Crippen molar-refractivity contribution < 1.29 is 9.84 Å². The molecular formula is C22H20N2O3S. The fraction of sp³-hybridized carbons (Fsp3) is 0.182. The Balaban J connectivity index is 1.55. The Morgan fingerprint density at radius 1 is 1.18 bits per heavy atom. The average Bonchev–Trinajstić information content (AvgIpc) is 3.14. The lowest BCUT2D eigenvalue weighted by Crippen LogP contribution is -2.30. The summed E-state index contributed by atoms with van der Waals surface area (Å²) >= 11 is 1.45. The highest BCUT2D eigenvalue weighted by molar-refractivity contribution is 7.17. The second-order valence-electron chi connectivity index (χ2n) is 6.68. The third-order valence-electron chi connectivity index (χ3n) is 4.48. The number of thiophene rings is 1. The molecule has 0 unspecified atom stereocenters. The normalized spacial score (nSPS) is 12.2. The maximum Gasteiger partial charge on any atom is 0.262 e. The standard InChI is InChI=1S/C22H20N2O3S/c1-15-6-5-9-18(10-15)27-12-17(25)11-24-14-23-21-20(22(24)26)19(13-28-21)16-7-3-2-4-8-16/h2-10,13-14,17,25H,11-12H2,1H3/t17-/m1/s1. The number of benzene rings is 2. The molecule has 28 heavy (non-hydrogen) atoms. The maximum absolute atomic E-state index is 13.0. The van der Waals surface area contributed by atoms with E-state index in [1.807, 2.05) is 66.9 Å². The lowest BCUT2D eigenvalue weighted by molar-refractivity contribution is 0.0914. The van der Waals surface area contributed by atoms with Crippen LogP contribution in [0.15, 0.2) is 71.1 Å². The summed E-state index contributed by atoms with van der Waals surface area (Å²) in [6, 6.07) is 17.4. The van der Waals surface area contributed by atoms with Crippen LogP contribution >= 0.6 is 11.3 Å². The molecule has 4 aromatic rings. The quantitative estimate of drug-likeness (QED) is 0.541. The van der Waals surface area contributed by atoms with E-state index in [1.165, 1.54) is 22.2 Å². The first kappa shape index (κ1) is 18.4. The maximum atomic E-state index is 13.0. The molecule has 0 amide bonds. The molecule has 0 aliphatic rings. The van der Waals surface area contributed by atoms with Gasteiger partial charge in [-0.3, -0.25) is 9.36 Å². The van der Waals surface area contributed by atoms with Crippen molar-refractivity contribution in [1.82, 2.24) is 9.55 Å². The third-order valence-corrected chi connectivity index (χ3v) is 5.37. The van der Waals surface area contributed by atoms with Crippen LogP contribution in [0, 0.1) is 6.92 Å². The Kier molecular flexibility index (Phi) is 5.23. The van der Waals surface area contributed by atoms with Crippen molar-refractivity contribution in [2.45, 2.75) is 19.6 Å². The summed E-state index contributed by atoms with van der Waals surface area (Å²) < 4.78 is 7.09. The summed E-state index contributed by atoms with van der Waals surface area (Å²) in [5.41, 5.74) is 2.79. The molecule has 5 nitrogen and oxygen atoms in total. The van der Waals surface area contributed by atoms with E-state index in [0.717, 1.165) is 16.7 Å². The minimum absolute atomic E-state index is 0.100. The molecule has 0 spiro atoms. The Morgan fingerprint density at radius 3 is 2.79 bits per heavy atom. The lowest BCUT2D eigenvalue weighted by atomic mass is 10.1. The average molecular weight is 392 g/mol. The van der Waals surface area contributed by atoms with Crippen molar-refractivity contribution in [3.05, 3.63) is 82.2 Å². The first-order valence-corrected chi connectivity index (χ1v) is 9.89. The van der Waals surface area contributed by atoms with Gasteiger partial charge in [-0.2, -0.15) is 0 Å². The molecule has 2 heterocycles. The number of nitrogens with zero attached hydrogens (tertiary/aromatic N) is 2. The second kappa shape index (κ2) is 7.96. The molecule has 6 heteroatoms. The van der Waals surface area contributed by atoms with Crippen LogP contribution in [0.3, 0.4) is 0 Å². The first-order valence-electron chi connectivity index (χ1n) is 9.01. The highest BCUT2D eigenvalue weighted by Gasteiger charge is 2.15. The lowest BCUT2D eigenvalue weighted by Gasteiger charge is -2.14. The van der Waals surface area contributed by atoms with E-state index in [0.29, 0.717) is 16.0 Å². The number of aliphatic hydroxyl groups is 1. The van der Waals surface area contributed by atoms with E-state index in [-0.39, 0.29) is 18.7 Å². The molecule has 0 saturated heterocycles. The number of hydrogen-bond acceptors (Lipinski definition) is 5. The number of aromatic nitrogens is 2. The van der Waals surface area contributed by atoms with Gasteiger partial charge in [-0.15, -0.1) is 11.3 Å². The predicted octanol–water partition coefficient (Wildman–Crippen LogP) is 3.87. The summed E-state index contributed by atoms with van der Waals surface area (Å²) in [5.74, 6) is 0.698. The molecule has 0 aliphatic carbocycles. The minimum atomic E-state index is -0.823. The molecule has 2 aromatic carbocycles. The van der Waals surface area contributed by atoms with E-state index in [1.54, 1.807) is 0 Å². The topological polar surface area (TPSA) is 64.3 Å². The molecule has 2 aromatic heterocycles. The fourth-order valence-electron chi connectivity index (χ4n) is 3.11. The van der Waals surface area contributed by atoms with Gasteiger partial charge in [0.25, 0.3) is 5.56 Å². The van der Waals surface area contributed by atoms with E-state index < -0.39 is 6.10 Å². The molecule has 0 aliphatic heterocycles. The smallest absolute Gasteiger partial charge is 0.262 e. The molecule has 0 saturated carbocycles. The van der Waals surface area contributed by atoms with Crippen LogP contribution in [0.5, 0.6) is 5.75 Å². The highest BCUT2D eigenvalue weighted by atomic mass is 32.1. The van der Waals surface area contributed by atoms with Gasteiger partial charge in [-0.05, 0) is 30.2 Å². The summed E-state index contributed by atoms with van der Waals surface area (Å²) in [6.45, 7) is 2.20. The largest absolute Gasteiger partial charge is 0.491 e. The Morgan fingerprint density at radius 2 is 2.00 bits per heavy atom. The SMILES string of the molecule is Cc1cccc(OC[C@H](O)Cn2cnc3scc(-c4ccccc4)c3c2=O)c1. The van der Waals surface area contributed by atoms with Crippen molar-refractivity contribution in [3.8, 4) is 16.9 Å². The molecule has 4 rings (SSSR count). The number of aryl methyl sites for hydroxylation is 1. The van der Waals surface area contributed by atoms with Gasteiger partial charge >= 0.3 is 0 Å². The molecule has 0 fully saturated rings. The van der Waals surface area contributed by atoms with Gasteiger partial charge < -0.3 is 9.84 Å². The van der Waals surface area contributed by atoms with Gasteiger partial charge in [0.1, 0.15) is 23.3 Å². The summed E-state index contributed by atoms with van der Waals surface area (Å²) in [6.07, 6.45) is 0.669. The molecular weight excluding hydrogens is 372 g/mol. The number of aliphatic hydroxyl groups excluding tert-OH is 1. The Labute approximate surface area is 166 Å². The van der Waals surface area contributed by atoms with Crippen molar-refractivity contribution >= 4 is 21.6 Å². The number of rotatable bonds is 6. The van der Waals surface area contributed by atoms with Gasteiger partial charge in [0.15, 0.2) is 0 Å². The Hall–Kier alpha value is -2.96. The summed E-state index contributed by atoms with van der Waals surface area (Å²) in [4.78, 5) is 18.1. The number of hydrogen-bond donors (Lipinski definition) is 1. The van der Waals surface area contributed by atoms with Crippen molar-refractivity contribution in [3.63, 3.8) is 0 Å². The van der Waals surface area contributed by atoms with Gasteiger partial charge in [0.2, 0.25) is 0 Å². The zero-order chi connectivity index (χ0) is 19.5. The van der Waals surface area contributed by atoms with Gasteiger partial charge in [0, 0.05) is 10.9 Å². The third kappa shape index (κ3) is 3.83. The molecule has 0 bridgehead atoms. The summed E-state index contributed by atoms with van der Waals surface area (Å²) in [7, 11) is 0. The first-order chi connectivity index (χ1) is 13.6. The van der Waals surface area contributed by atoms with Crippen LogP contribution in [0.25, 0.3) is 21.3 Å².